The molecule has 5 atom stereocenters. The number of nitrogens with one attached hydrogen (secondary N) is 3. The van der Waals surface area contributed by atoms with Crippen molar-refractivity contribution in [2.45, 2.75) is 95.2 Å². The lowest BCUT2D eigenvalue weighted by Gasteiger charge is -2.36. The van der Waals surface area contributed by atoms with E-state index in [1.165, 1.54) is 83.7 Å². The van der Waals surface area contributed by atoms with Gasteiger partial charge in [-0.25, -0.2) is 0 Å². The van der Waals surface area contributed by atoms with Crippen LogP contribution >= 0.6 is 0 Å². The average Bonchev–Trinajstić information content (AvgIpc) is 3.38. The smallest absolute Gasteiger partial charge is 0.146 e. The molecule has 0 amide bonds. The molecule has 0 aromatic heterocycles. The summed E-state index contributed by atoms with van der Waals surface area (Å²) in [5, 5.41) is 7.47. The molecule has 162 valence electrons. The molecular weight excluding hydrogens is 350 g/mol. The highest BCUT2D eigenvalue weighted by Crippen LogP contribution is 2.29. The average molecular weight is 394 g/mol. The quantitative estimate of drug-likeness (QED) is 0.618. The van der Waals surface area contributed by atoms with Gasteiger partial charge in [-0.3, -0.25) is 20.0 Å². The largest absolute Gasteiger partial charge is 0.301 e. The minimum atomic E-state index is 0.147. The third kappa shape index (κ3) is 5.27. The summed E-state index contributed by atoms with van der Waals surface area (Å²) in [7, 11) is 4.32. The zero-order valence-corrected chi connectivity index (χ0v) is 18.2. The van der Waals surface area contributed by atoms with Crippen molar-refractivity contribution in [3.63, 3.8) is 0 Å². The SMILES string of the molecule is CN(C)C1CCC(C2NOC([C@H]3CCCN3CCCC3CCCCC3)N2)CN1. The molecule has 3 heterocycles. The Labute approximate surface area is 172 Å². The first-order valence-electron chi connectivity index (χ1n) is 12.0. The first-order valence-corrected chi connectivity index (χ1v) is 12.0. The van der Waals surface area contributed by atoms with Crippen LogP contribution in [0.1, 0.15) is 70.6 Å². The van der Waals surface area contributed by atoms with Crippen LogP contribution in [-0.2, 0) is 4.84 Å². The van der Waals surface area contributed by atoms with E-state index in [1.807, 2.05) is 0 Å². The Morgan fingerprint density at radius 3 is 2.61 bits per heavy atom. The maximum Gasteiger partial charge on any atom is 0.146 e. The molecule has 3 N–H and O–H groups in total. The van der Waals surface area contributed by atoms with E-state index in [9.17, 15) is 0 Å². The fraction of sp³-hybridized carbons (Fsp3) is 1.00. The minimum Gasteiger partial charge on any atom is -0.301 e. The van der Waals surface area contributed by atoms with Crippen LogP contribution in [0.5, 0.6) is 0 Å². The monoisotopic (exact) mass is 393 g/mol. The molecule has 1 aliphatic carbocycles. The van der Waals surface area contributed by atoms with E-state index in [0.717, 1.165) is 12.5 Å². The number of likely N-dealkylation sites (tertiary alicyclic amines) is 1. The molecule has 0 spiro atoms. The number of hydrogen-bond donors (Lipinski definition) is 3. The van der Waals surface area contributed by atoms with Crippen LogP contribution in [0.15, 0.2) is 0 Å². The van der Waals surface area contributed by atoms with Gasteiger partial charge in [0, 0.05) is 12.5 Å². The van der Waals surface area contributed by atoms with Gasteiger partial charge in [-0.2, -0.15) is 5.48 Å². The van der Waals surface area contributed by atoms with Crippen molar-refractivity contribution < 1.29 is 4.84 Å². The van der Waals surface area contributed by atoms with Crippen LogP contribution in [0.2, 0.25) is 0 Å². The van der Waals surface area contributed by atoms with Crippen molar-refractivity contribution in [3.8, 4) is 0 Å². The lowest BCUT2D eigenvalue weighted by molar-refractivity contribution is -0.0243. The normalized spacial score (nSPS) is 38.5. The van der Waals surface area contributed by atoms with Crippen molar-refractivity contribution >= 4 is 0 Å². The van der Waals surface area contributed by atoms with Crippen LogP contribution in [0.4, 0.5) is 0 Å². The standard InChI is InChI=1S/C22H43N5O/c1-26(2)20-13-12-18(16-23-20)21-24-22(28-25-21)19-11-7-15-27(19)14-6-10-17-8-4-3-5-9-17/h17-25H,3-16H2,1-2H3/t18?,19-,20?,21?,22?/m1/s1. The van der Waals surface area contributed by atoms with Gasteiger partial charge in [0.15, 0.2) is 0 Å². The van der Waals surface area contributed by atoms with Gasteiger partial charge in [-0.1, -0.05) is 32.1 Å². The minimum absolute atomic E-state index is 0.147. The predicted molar refractivity (Wildman–Crippen MR) is 114 cm³/mol. The van der Waals surface area contributed by atoms with E-state index in [2.05, 4.69) is 40.0 Å². The first kappa shape index (κ1) is 21.0. The molecule has 3 saturated heterocycles. The fourth-order valence-corrected chi connectivity index (χ4v) is 5.93. The third-order valence-electron chi connectivity index (χ3n) is 7.73. The summed E-state index contributed by atoms with van der Waals surface area (Å²) >= 11 is 0. The Morgan fingerprint density at radius 1 is 1.00 bits per heavy atom. The van der Waals surface area contributed by atoms with Gasteiger partial charge >= 0.3 is 0 Å². The van der Waals surface area contributed by atoms with Crippen LogP contribution in [0.25, 0.3) is 0 Å². The second kappa shape index (κ2) is 10.2. The van der Waals surface area contributed by atoms with Gasteiger partial charge in [0.25, 0.3) is 0 Å². The highest BCUT2D eigenvalue weighted by atomic mass is 16.7. The van der Waals surface area contributed by atoms with Gasteiger partial charge in [-0.15, -0.1) is 0 Å². The Bertz CT molecular complexity index is 462. The molecule has 1 saturated carbocycles. The Morgan fingerprint density at radius 2 is 1.86 bits per heavy atom. The molecule has 4 fully saturated rings. The topological polar surface area (TPSA) is 51.8 Å². The zero-order valence-electron chi connectivity index (χ0n) is 18.2. The number of piperidine rings is 1. The number of hydroxylamine groups is 1. The molecular formula is C22H43N5O. The van der Waals surface area contributed by atoms with E-state index in [-0.39, 0.29) is 12.4 Å². The molecule has 4 aliphatic rings. The van der Waals surface area contributed by atoms with Gasteiger partial charge < -0.3 is 5.32 Å². The van der Waals surface area contributed by atoms with Crippen LogP contribution in [-0.4, -0.2) is 68.1 Å². The van der Waals surface area contributed by atoms with E-state index >= 15 is 0 Å². The van der Waals surface area contributed by atoms with Gasteiger partial charge in [0.05, 0.1) is 18.4 Å². The van der Waals surface area contributed by atoms with Crippen molar-refractivity contribution in [3.05, 3.63) is 0 Å². The molecule has 4 unspecified atom stereocenters. The highest BCUT2D eigenvalue weighted by Gasteiger charge is 2.40. The zero-order chi connectivity index (χ0) is 19.3. The lowest BCUT2D eigenvalue weighted by Crippen LogP contribution is -2.54. The molecule has 0 radical (unpaired) electrons. The van der Waals surface area contributed by atoms with E-state index in [0.29, 0.717) is 18.1 Å². The second-order valence-electron chi connectivity index (χ2n) is 9.92. The van der Waals surface area contributed by atoms with Crippen molar-refractivity contribution in [2.75, 3.05) is 33.7 Å². The maximum absolute atomic E-state index is 6.06. The molecule has 0 bridgehead atoms. The van der Waals surface area contributed by atoms with E-state index < -0.39 is 0 Å². The van der Waals surface area contributed by atoms with Gasteiger partial charge in [0.1, 0.15) is 6.23 Å². The van der Waals surface area contributed by atoms with Crippen molar-refractivity contribution in [1.82, 2.24) is 25.9 Å². The van der Waals surface area contributed by atoms with Crippen molar-refractivity contribution in [1.29, 1.82) is 0 Å². The van der Waals surface area contributed by atoms with Crippen LogP contribution in [0, 0.1) is 11.8 Å². The fourth-order valence-electron chi connectivity index (χ4n) is 5.93. The second-order valence-corrected chi connectivity index (χ2v) is 9.92. The summed E-state index contributed by atoms with van der Waals surface area (Å²) in [6.07, 6.45) is 16.1. The predicted octanol–water partition coefficient (Wildman–Crippen LogP) is 2.48. The molecule has 0 aromatic rings. The number of rotatable bonds is 7. The summed E-state index contributed by atoms with van der Waals surface area (Å²) in [5.41, 5.74) is 3.33. The lowest BCUT2D eigenvalue weighted by atomic mass is 9.86. The summed E-state index contributed by atoms with van der Waals surface area (Å²) in [6, 6.07) is 0.537. The summed E-state index contributed by atoms with van der Waals surface area (Å²) in [4.78, 5) is 11.0. The van der Waals surface area contributed by atoms with Gasteiger partial charge in [-0.05, 0) is 71.6 Å². The summed E-state index contributed by atoms with van der Waals surface area (Å²) in [5.74, 6) is 1.61. The molecule has 6 heteroatoms. The van der Waals surface area contributed by atoms with E-state index in [4.69, 9.17) is 4.84 Å². The number of nitrogens with zero attached hydrogens (tertiary/aromatic N) is 2. The van der Waals surface area contributed by atoms with E-state index in [1.54, 1.807) is 0 Å². The third-order valence-corrected chi connectivity index (χ3v) is 7.73. The van der Waals surface area contributed by atoms with Gasteiger partial charge in [0.2, 0.25) is 0 Å². The molecule has 28 heavy (non-hydrogen) atoms. The maximum atomic E-state index is 6.06. The molecule has 0 aromatic carbocycles. The van der Waals surface area contributed by atoms with Crippen LogP contribution < -0.4 is 16.1 Å². The van der Waals surface area contributed by atoms with Crippen LogP contribution in [0.3, 0.4) is 0 Å². The summed E-state index contributed by atoms with van der Waals surface area (Å²) in [6.45, 7) is 3.55. The highest BCUT2D eigenvalue weighted by molar-refractivity contribution is 4.91. The summed E-state index contributed by atoms with van der Waals surface area (Å²) < 4.78 is 0. The van der Waals surface area contributed by atoms with Crippen molar-refractivity contribution in [2.24, 2.45) is 11.8 Å². The molecule has 3 aliphatic heterocycles. The molecule has 4 rings (SSSR count). The first-order chi connectivity index (χ1) is 13.7. The number of hydrogen-bond acceptors (Lipinski definition) is 6. The Balaban J connectivity index is 1.19. The Kier molecular flexibility index (Phi) is 7.64. The Hall–Kier alpha value is -0.240. The molecule has 6 nitrogen and oxygen atoms in total.